The number of rotatable bonds is 6. The molecule has 3 heteroatoms. The van der Waals surface area contributed by atoms with E-state index >= 15 is 0 Å². The summed E-state index contributed by atoms with van der Waals surface area (Å²) in [5.41, 5.74) is 2.80. The van der Waals surface area contributed by atoms with E-state index < -0.39 is 0 Å². The van der Waals surface area contributed by atoms with E-state index in [2.05, 4.69) is 37.4 Å². The molecule has 0 saturated carbocycles. The summed E-state index contributed by atoms with van der Waals surface area (Å²) in [6.45, 7) is 8.19. The van der Waals surface area contributed by atoms with Gasteiger partial charge in [0.2, 0.25) is 0 Å². The molecule has 0 aliphatic carbocycles. The highest BCUT2D eigenvalue weighted by molar-refractivity contribution is 6.31. The highest BCUT2D eigenvalue weighted by Gasteiger charge is 2.32. The molecule has 0 unspecified atom stereocenters. The number of benzene rings is 1. The zero-order valence-electron chi connectivity index (χ0n) is 12.7. The van der Waals surface area contributed by atoms with Crippen LogP contribution in [0.3, 0.4) is 0 Å². The molecule has 2 nitrogen and oxygen atoms in total. The van der Waals surface area contributed by atoms with Gasteiger partial charge >= 0.3 is 0 Å². The van der Waals surface area contributed by atoms with Gasteiger partial charge in [-0.2, -0.15) is 0 Å². The van der Waals surface area contributed by atoms with Crippen molar-refractivity contribution in [2.24, 2.45) is 5.41 Å². The molecule has 1 heterocycles. The summed E-state index contributed by atoms with van der Waals surface area (Å²) < 4.78 is 5.56. The highest BCUT2D eigenvalue weighted by Crippen LogP contribution is 2.35. The summed E-state index contributed by atoms with van der Waals surface area (Å²) in [7, 11) is 0. The minimum atomic E-state index is 0.298. The molecule has 0 spiro atoms. The van der Waals surface area contributed by atoms with Crippen molar-refractivity contribution in [1.29, 1.82) is 0 Å². The Labute approximate surface area is 127 Å². The molecule has 1 aliphatic heterocycles. The second-order valence-electron chi connectivity index (χ2n) is 6.06. The summed E-state index contributed by atoms with van der Waals surface area (Å²) in [6, 6.07) is 6.42. The predicted octanol–water partition coefficient (Wildman–Crippen LogP) is 3.99. The number of nitrogens with one attached hydrogen (secondary N) is 1. The first kappa shape index (κ1) is 15.8. The zero-order chi connectivity index (χ0) is 14.4. The topological polar surface area (TPSA) is 21.3 Å². The Hall–Kier alpha value is -0.570. The first-order valence-electron chi connectivity index (χ1n) is 7.69. The van der Waals surface area contributed by atoms with Crippen LogP contribution in [-0.4, -0.2) is 26.3 Å². The summed E-state index contributed by atoms with van der Waals surface area (Å²) in [6.07, 6.45) is 4.46. The van der Waals surface area contributed by atoms with Crippen molar-refractivity contribution >= 4 is 11.6 Å². The van der Waals surface area contributed by atoms with Gasteiger partial charge in [0, 0.05) is 24.8 Å². The third-order valence-corrected chi connectivity index (χ3v) is 4.61. The van der Waals surface area contributed by atoms with Gasteiger partial charge in [-0.05, 0) is 61.8 Å². The monoisotopic (exact) mass is 295 g/mol. The molecule has 1 fully saturated rings. The zero-order valence-corrected chi connectivity index (χ0v) is 13.4. The van der Waals surface area contributed by atoms with Crippen LogP contribution in [0.5, 0.6) is 0 Å². The Kier molecular flexibility index (Phi) is 5.88. The first-order chi connectivity index (χ1) is 9.65. The molecule has 2 rings (SSSR count). The van der Waals surface area contributed by atoms with E-state index in [0.717, 1.165) is 50.6 Å². The molecule has 0 aromatic heterocycles. The highest BCUT2D eigenvalue weighted by atomic mass is 35.5. The van der Waals surface area contributed by atoms with E-state index in [1.54, 1.807) is 0 Å². The van der Waals surface area contributed by atoms with E-state index in [-0.39, 0.29) is 0 Å². The van der Waals surface area contributed by atoms with Gasteiger partial charge in [0.05, 0.1) is 0 Å². The van der Waals surface area contributed by atoms with Gasteiger partial charge in [-0.1, -0.05) is 30.7 Å². The molecule has 1 aliphatic rings. The third-order valence-electron chi connectivity index (χ3n) is 4.25. The lowest BCUT2D eigenvalue weighted by atomic mass is 9.75. The summed E-state index contributed by atoms with van der Waals surface area (Å²) >= 11 is 6.42. The second kappa shape index (κ2) is 7.44. The van der Waals surface area contributed by atoms with Gasteiger partial charge in [0.25, 0.3) is 0 Å². The molecule has 0 radical (unpaired) electrons. The van der Waals surface area contributed by atoms with Gasteiger partial charge in [-0.25, -0.2) is 0 Å². The normalized spacial score (nSPS) is 18.1. The molecule has 0 atom stereocenters. The molecule has 0 bridgehead atoms. The maximum Gasteiger partial charge on any atom is 0.0471 e. The minimum absolute atomic E-state index is 0.298. The van der Waals surface area contributed by atoms with E-state index in [9.17, 15) is 0 Å². The Morgan fingerprint density at radius 1 is 1.30 bits per heavy atom. The maximum absolute atomic E-state index is 6.42. The average Bonchev–Trinajstić information content (AvgIpc) is 2.44. The van der Waals surface area contributed by atoms with Crippen molar-refractivity contribution in [1.82, 2.24) is 5.32 Å². The van der Waals surface area contributed by atoms with E-state index in [1.807, 2.05) is 0 Å². The Morgan fingerprint density at radius 3 is 2.70 bits per heavy atom. The van der Waals surface area contributed by atoms with Crippen molar-refractivity contribution in [3.63, 3.8) is 0 Å². The third kappa shape index (κ3) is 4.21. The largest absolute Gasteiger partial charge is 0.381 e. The lowest BCUT2D eigenvalue weighted by molar-refractivity contribution is 0.0150. The first-order valence-corrected chi connectivity index (χ1v) is 8.06. The quantitative estimate of drug-likeness (QED) is 0.801. The fourth-order valence-electron chi connectivity index (χ4n) is 2.95. The molecule has 1 N–H and O–H groups in total. The summed E-state index contributed by atoms with van der Waals surface area (Å²) in [5.74, 6) is 0. The van der Waals surface area contributed by atoms with Gasteiger partial charge in [-0.3, -0.25) is 0 Å². The van der Waals surface area contributed by atoms with Gasteiger partial charge in [-0.15, -0.1) is 0 Å². The van der Waals surface area contributed by atoms with Crippen LogP contribution in [0, 0.1) is 12.3 Å². The van der Waals surface area contributed by atoms with Crippen molar-refractivity contribution in [3.05, 3.63) is 34.3 Å². The van der Waals surface area contributed by atoms with Crippen LogP contribution in [0.15, 0.2) is 18.2 Å². The van der Waals surface area contributed by atoms with E-state index in [1.165, 1.54) is 17.5 Å². The standard InChI is InChI=1S/C17H26ClNO/c1-3-8-19-13-17(6-9-20-10-7-17)12-15-5-4-14(2)11-16(15)18/h4-5,11,19H,3,6-10,12-13H2,1-2H3. The Balaban J connectivity index is 2.10. The molecule has 20 heavy (non-hydrogen) atoms. The molecule has 1 aromatic rings. The van der Waals surface area contributed by atoms with Crippen LogP contribution in [0.25, 0.3) is 0 Å². The van der Waals surface area contributed by atoms with Gasteiger partial charge < -0.3 is 10.1 Å². The SMILES string of the molecule is CCCNCC1(Cc2ccc(C)cc2Cl)CCOCC1. The molecule has 0 amide bonds. The Morgan fingerprint density at radius 2 is 2.05 bits per heavy atom. The van der Waals surface area contributed by atoms with Crippen LogP contribution < -0.4 is 5.32 Å². The summed E-state index contributed by atoms with van der Waals surface area (Å²) in [5, 5.41) is 4.51. The second-order valence-corrected chi connectivity index (χ2v) is 6.47. The Bertz CT molecular complexity index is 427. The van der Waals surface area contributed by atoms with Crippen LogP contribution in [-0.2, 0) is 11.2 Å². The average molecular weight is 296 g/mol. The molecule has 1 aromatic carbocycles. The fourth-order valence-corrected chi connectivity index (χ4v) is 3.25. The van der Waals surface area contributed by atoms with Crippen LogP contribution in [0.4, 0.5) is 0 Å². The van der Waals surface area contributed by atoms with E-state index in [4.69, 9.17) is 16.3 Å². The molecule has 1 saturated heterocycles. The van der Waals surface area contributed by atoms with Crippen LogP contribution in [0.2, 0.25) is 5.02 Å². The van der Waals surface area contributed by atoms with Crippen molar-refractivity contribution in [3.8, 4) is 0 Å². The smallest absolute Gasteiger partial charge is 0.0471 e. The van der Waals surface area contributed by atoms with E-state index in [0.29, 0.717) is 5.41 Å². The lowest BCUT2D eigenvalue weighted by Crippen LogP contribution is -2.41. The van der Waals surface area contributed by atoms with Crippen molar-refractivity contribution in [2.75, 3.05) is 26.3 Å². The van der Waals surface area contributed by atoms with Crippen molar-refractivity contribution in [2.45, 2.75) is 39.5 Å². The number of halogens is 1. The van der Waals surface area contributed by atoms with Gasteiger partial charge in [0.1, 0.15) is 0 Å². The molecular weight excluding hydrogens is 270 g/mol. The number of hydrogen-bond donors (Lipinski definition) is 1. The van der Waals surface area contributed by atoms with Crippen LogP contribution >= 0.6 is 11.6 Å². The minimum Gasteiger partial charge on any atom is -0.381 e. The number of aryl methyl sites for hydroxylation is 1. The fraction of sp³-hybridized carbons (Fsp3) is 0.647. The predicted molar refractivity (Wildman–Crippen MR) is 85.5 cm³/mol. The number of ether oxygens (including phenoxy) is 1. The maximum atomic E-state index is 6.42. The lowest BCUT2D eigenvalue weighted by Gasteiger charge is -2.38. The summed E-state index contributed by atoms with van der Waals surface area (Å²) in [4.78, 5) is 0. The van der Waals surface area contributed by atoms with Crippen molar-refractivity contribution < 1.29 is 4.74 Å². The van der Waals surface area contributed by atoms with Crippen LogP contribution in [0.1, 0.15) is 37.3 Å². The van der Waals surface area contributed by atoms with Gasteiger partial charge in [0.15, 0.2) is 0 Å². The molecule has 112 valence electrons. The molecular formula is C17H26ClNO. The number of hydrogen-bond acceptors (Lipinski definition) is 2.